The minimum absolute atomic E-state index is 0. The molecule has 32 heavy (non-hydrogen) atoms. The monoisotopic (exact) mass is 548 g/mol. The first kappa shape index (κ1) is 25.7. The number of pyridine rings is 1. The first-order valence-electron chi connectivity index (χ1n) is 10.9. The second kappa shape index (κ2) is 13.8. The summed E-state index contributed by atoms with van der Waals surface area (Å²) in [6.45, 7) is 4.95. The number of guanidine groups is 1. The minimum atomic E-state index is 0. The Labute approximate surface area is 207 Å². The summed E-state index contributed by atoms with van der Waals surface area (Å²) in [7, 11) is 1.77. The lowest BCUT2D eigenvalue weighted by Crippen LogP contribution is -2.38. The van der Waals surface area contributed by atoms with E-state index in [1.165, 1.54) is 10.8 Å². The zero-order chi connectivity index (χ0) is 21.9. The maximum absolute atomic E-state index is 11.9. The molecular formula is C25H33IN4O2. The van der Waals surface area contributed by atoms with Gasteiger partial charge in [-0.1, -0.05) is 36.4 Å². The van der Waals surface area contributed by atoms with Crippen LogP contribution in [0.2, 0.25) is 0 Å². The van der Waals surface area contributed by atoms with Crippen molar-refractivity contribution in [2.75, 3.05) is 26.7 Å². The molecule has 2 aromatic carbocycles. The van der Waals surface area contributed by atoms with Gasteiger partial charge in [0.1, 0.15) is 5.75 Å². The third-order valence-corrected chi connectivity index (χ3v) is 5.20. The highest BCUT2D eigenvalue weighted by Crippen LogP contribution is 2.20. The second-order valence-electron chi connectivity index (χ2n) is 7.50. The number of rotatable bonds is 10. The standard InChI is InChI=1S/C25H32N4O2.HI/c1-20-9-7-12-24(30)29(20)17-6-5-15-27-25(26-2)28-16-8-18-31-23-14-13-21-10-3-4-11-22(21)19-23;/h3-4,7,9-14,19H,5-6,8,15-18H2,1-2H3,(H2,26,27,28);1H. The van der Waals surface area contributed by atoms with Crippen molar-refractivity contribution in [1.82, 2.24) is 15.2 Å². The summed E-state index contributed by atoms with van der Waals surface area (Å²) in [5.74, 6) is 1.69. The molecule has 0 aliphatic heterocycles. The Morgan fingerprint density at radius 3 is 2.44 bits per heavy atom. The average molecular weight is 548 g/mol. The Bertz CT molecular complexity index is 1060. The molecule has 1 aromatic heterocycles. The van der Waals surface area contributed by atoms with Crippen LogP contribution in [0.4, 0.5) is 0 Å². The molecule has 0 aliphatic carbocycles. The number of hydrogen-bond donors (Lipinski definition) is 2. The molecular weight excluding hydrogens is 515 g/mol. The van der Waals surface area contributed by atoms with Crippen LogP contribution in [0.25, 0.3) is 10.8 Å². The molecule has 0 unspecified atom stereocenters. The van der Waals surface area contributed by atoms with Crippen LogP contribution < -0.4 is 20.9 Å². The van der Waals surface area contributed by atoms with Gasteiger partial charge in [0.2, 0.25) is 0 Å². The topological polar surface area (TPSA) is 67.7 Å². The molecule has 172 valence electrons. The third-order valence-electron chi connectivity index (χ3n) is 5.20. The lowest BCUT2D eigenvalue weighted by Gasteiger charge is -2.13. The van der Waals surface area contributed by atoms with E-state index in [1.54, 1.807) is 19.2 Å². The Hall–Kier alpha value is -2.55. The number of hydrogen-bond acceptors (Lipinski definition) is 3. The van der Waals surface area contributed by atoms with Crippen LogP contribution in [0.1, 0.15) is 25.0 Å². The summed E-state index contributed by atoms with van der Waals surface area (Å²) in [5.41, 5.74) is 1.07. The van der Waals surface area contributed by atoms with E-state index in [2.05, 4.69) is 39.9 Å². The molecule has 0 radical (unpaired) electrons. The van der Waals surface area contributed by atoms with Crippen molar-refractivity contribution in [2.24, 2.45) is 4.99 Å². The van der Waals surface area contributed by atoms with Gasteiger partial charge in [0.25, 0.3) is 5.56 Å². The fourth-order valence-electron chi connectivity index (χ4n) is 3.46. The van der Waals surface area contributed by atoms with Gasteiger partial charge in [0.15, 0.2) is 5.96 Å². The van der Waals surface area contributed by atoms with E-state index in [0.717, 1.165) is 56.3 Å². The van der Waals surface area contributed by atoms with Crippen molar-refractivity contribution in [3.8, 4) is 5.75 Å². The Morgan fingerprint density at radius 1 is 0.938 bits per heavy atom. The fourth-order valence-corrected chi connectivity index (χ4v) is 3.46. The fraction of sp³-hybridized carbons (Fsp3) is 0.360. The van der Waals surface area contributed by atoms with Gasteiger partial charge in [-0.15, -0.1) is 24.0 Å². The number of aromatic nitrogens is 1. The third kappa shape index (κ3) is 7.85. The van der Waals surface area contributed by atoms with Gasteiger partial charge in [0, 0.05) is 38.4 Å². The number of benzene rings is 2. The van der Waals surface area contributed by atoms with Crippen LogP contribution in [0.5, 0.6) is 5.75 Å². The predicted molar refractivity (Wildman–Crippen MR) is 144 cm³/mol. The zero-order valence-electron chi connectivity index (χ0n) is 18.8. The quantitative estimate of drug-likeness (QED) is 0.171. The van der Waals surface area contributed by atoms with Gasteiger partial charge in [-0.25, -0.2) is 0 Å². The Balaban J connectivity index is 0.00000363. The summed E-state index contributed by atoms with van der Waals surface area (Å²) in [5, 5.41) is 9.05. The van der Waals surface area contributed by atoms with E-state index in [9.17, 15) is 4.79 Å². The van der Waals surface area contributed by atoms with E-state index in [0.29, 0.717) is 6.61 Å². The van der Waals surface area contributed by atoms with Crippen LogP contribution in [-0.4, -0.2) is 37.3 Å². The maximum atomic E-state index is 11.9. The number of aryl methyl sites for hydroxylation is 1. The van der Waals surface area contributed by atoms with E-state index in [-0.39, 0.29) is 29.5 Å². The summed E-state index contributed by atoms with van der Waals surface area (Å²) in [6, 6.07) is 19.8. The van der Waals surface area contributed by atoms with E-state index < -0.39 is 0 Å². The number of ether oxygens (including phenoxy) is 1. The first-order valence-corrected chi connectivity index (χ1v) is 10.9. The molecule has 0 saturated carbocycles. The van der Waals surface area contributed by atoms with Gasteiger partial charge in [-0.3, -0.25) is 9.79 Å². The van der Waals surface area contributed by atoms with Gasteiger partial charge in [0.05, 0.1) is 6.61 Å². The molecule has 0 fully saturated rings. The SMILES string of the molecule is CN=C(NCCCCn1c(C)cccc1=O)NCCCOc1ccc2ccccc2c1.I. The molecule has 0 spiro atoms. The molecule has 1 heterocycles. The molecule has 3 aromatic rings. The Morgan fingerprint density at radius 2 is 1.69 bits per heavy atom. The molecule has 0 aliphatic rings. The highest BCUT2D eigenvalue weighted by molar-refractivity contribution is 14.0. The van der Waals surface area contributed by atoms with Gasteiger partial charge < -0.3 is 19.9 Å². The van der Waals surface area contributed by atoms with E-state index in [4.69, 9.17) is 4.74 Å². The highest BCUT2D eigenvalue weighted by Gasteiger charge is 2.01. The number of nitrogens with one attached hydrogen (secondary N) is 2. The van der Waals surface area contributed by atoms with Crippen LogP contribution >= 0.6 is 24.0 Å². The summed E-state index contributed by atoms with van der Waals surface area (Å²) < 4.78 is 7.70. The molecule has 0 atom stereocenters. The van der Waals surface area contributed by atoms with Crippen molar-refractivity contribution in [3.05, 3.63) is 76.7 Å². The van der Waals surface area contributed by atoms with Gasteiger partial charge in [-0.2, -0.15) is 0 Å². The van der Waals surface area contributed by atoms with Crippen LogP contribution in [-0.2, 0) is 6.54 Å². The number of unbranched alkanes of at least 4 members (excludes halogenated alkanes) is 1. The highest BCUT2D eigenvalue weighted by atomic mass is 127. The predicted octanol–water partition coefficient (Wildman–Crippen LogP) is 4.34. The lowest BCUT2D eigenvalue weighted by molar-refractivity contribution is 0.311. The number of aliphatic imine (C=N–C) groups is 1. The lowest BCUT2D eigenvalue weighted by atomic mass is 10.1. The normalized spacial score (nSPS) is 11.1. The number of halogens is 1. The molecule has 7 heteroatoms. The average Bonchev–Trinajstić information content (AvgIpc) is 2.78. The number of fused-ring (bicyclic) bond motifs is 1. The van der Waals surface area contributed by atoms with Crippen molar-refractivity contribution in [2.45, 2.75) is 32.7 Å². The van der Waals surface area contributed by atoms with Crippen LogP contribution in [0, 0.1) is 6.92 Å². The maximum Gasteiger partial charge on any atom is 0.250 e. The van der Waals surface area contributed by atoms with E-state index >= 15 is 0 Å². The number of nitrogens with zero attached hydrogens (tertiary/aromatic N) is 2. The smallest absolute Gasteiger partial charge is 0.250 e. The second-order valence-corrected chi connectivity index (χ2v) is 7.50. The van der Waals surface area contributed by atoms with Crippen molar-refractivity contribution >= 4 is 40.7 Å². The summed E-state index contributed by atoms with van der Waals surface area (Å²) in [6.07, 6.45) is 2.78. The van der Waals surface area contributed by atoms with Crippen LogP contribution in [0.15, 0.2) is 70.5 Å². The molecule has 0 bridgehead atoms. The van der Waals surface area contributed by atoms with Crippen molar-refractivity contribution in [1.29, 1.82) is 0 Å². The largest absolute Gasteiger partial charge is 0.494 e. The van der Waals surface area contributed by atoms with Gasteiger partial charge >= 0.3 is 0 Å². The molecule has 3 rings (SSSR count). The Kier molecular flexibility index (Phi) is 11.1. The summed E-state index contributed by atoms with van der Waals surface area (Å²) in [4.78, 5) is 16.1. The zero-order valence-corrected chi connectivity index (χ0v) is 21.2. The first-order chi connectivity index (χ1) is 15.2. The molecule has 2 N–H and O–H groups in total. The molecule has 0 saturated heterocycles. The van der Waals surface area contributed by atoms with Crippen LogP contribution in [0.3, 0.4) is 0 Å². The van der Waals surface area contributed by atoms with Crippen molar-refractivity contribution < 1.29 is 4.74 Å². The molecule has 0 amide bonds. The summed E-state index contributed by atoms with van der Waals surface area (Å²) >= 11 is 0. The van der Waals surface area contributed by atoms with E-state index in [1.807, 2.05) is 35.8 Å². The van der Waals surface area contributed by atoms with Crippen molar-refractivity contribution in [3.63, 3.8) is 0 Å². The van der Waals surface area contributed by atoms with Gasteiger partial charge in [-0.05, 0) is 55.2 Å². The molecule has 6 nitrogen and oxygen atoms in total. The minimum Gasteiger partial charge on any atom is -0.494 e.